The lowest BCUT2D eigenvalue weighted by Crippen LogP contribution is -2.35. The van der Waals surface area contributed by atoms with Gasteiger partial charge in [0.25, 0.3) is 0 Å². The molecule has 1 saturated carbocycles. The Hall–Kier alpha value is -1.40. The largest absolute Gasteiger partial charge is 0.466 e. The van der Waals surface area contributed by atoms with Gasteiger partial charge in [-0.25, -0.2) is 0 Å². The molecule has 0 aromatic heterocycles. The molecule has 0 spiro atoms. The first-order chi connectivity index (χ1) is 20.8. The first-order valence-corrected chi connectivity index (χ1v) is 17.0. The van der Waals surface area contributed by atoms with Gasteiger partial charge in [0.2, 0.25) is 0 Å². The maximum atomic E-state index is 12.3. The highest BCUT2D eigenvalue weighted by atomic mass is 17.1. The van der Waals surface area contributed by atoms with Gasteiger partial charge in [0.15, 0.2) is 0 Å². The highest BCUT2D eigenvalue weighted by Gasteiger charge is 2.40. The molecule has 1 heterocycles. The fourth-order valence-corrected chi connectivity index (χ4v) is 6.58. The van der Waals surface area contributed by atoms with Gasteiger partial charge in [0.1, 0.15) is 5.78 Å². The number of aliphatic hydroxyl groups is 2. The van der Waals surface area contributed by atoms with Crippen molar-refractivity contribution in [3.05, 3.63) is 12.2 Å². The number of esters is 1. The second-order valence-corrected chi connectivity index (χ2v) is 12.6. The third kappa shape index (κ3) is 17.0. The number of nitrogens with zero attached hydrogens (tertiary/aromatic N) is 2. The fourth-order valence-electron chi connectivity index (χ4n) is 6.58. The zero-order valence-electron chi connectivity index (χ0n) is 26.6. The number of piperidine rings is 1. The van der Waals surface area contributed by atoms with Crippen LogP contribution in [0.15, 0.2) is 12.2 Å². The van der Waals surface area contributed by atoms with Gasteiger partial charge in [-0.2, -0.15) is 0 Å². The van der Waals surface area contributed by atoms with E-state index in [9.17, 15) is 19.8 Å². The van der Waals surface area contributed by atoms with Crippen LogP contribution in [0.5, 0.6) is 0 Å². The number of carbonyl (C=O) groups excluding carboxylic acids is 2. The van der Waals surface area contributed by atoms with Crippen LogP contribution in [0.1, 0.15) is 122 Å². The van der Waals surface area contributed by atoms with Crippen molar-refractivity contribution in [2.45, 2.75) is 135 Å². The molecule has 0 bridgehead atoms. The van der Waals surface area contributed by atoms with Crippen LogP contribution in [0, 0.1) is 17.8 Å². The molecule has 1 aliphatic heterocycles. The number of ketones is 1. The van der Waals surface area contributed by atoms with E-state index in [1.54, 1.807) is 0 Å². The summed E-state index contributed by atoms with van der Waals surface area (Å²) in [6.07, 6.45) is 18.2. The van der Waals surface area contributed by atoms with Crippen molar-refractivity contribution in [3.63, 3.8) is 0 Å². The molecule has 2 fully saturated rings. The number of Topliss-reactive ketones (excluding diaryl/α,β-unsaturated/α-hetero) is 1. The third-order valence-corrected chi connectivity index (χ3v) is 9.22. The summed E-state index contributed by atoms with van der Waals surface area (Å²) in [5, 5.41) is 37.8. The van der Waals surface area contributed by atoms with Crippen LogP contribution in [0.4, 0.5) is 0 Å². The Morgan fingerprint density at radius 2 is 1.58 bits per heavy atom. The molecule has 2 aliphatic rings. The molecule has 10 nitrogen and oxygen atoms in total. The van der Waals surface area contributed by atoms with Crippen LogP contribution in [-0.4, -0.2) is 87.7 Å². The summed E-state index contributed by atoms with van der Waals surface area (Å²) in [6, 6.07) is 0. The lowest BCUT2D eigenvalue weighted by molar-refractivity contribution is -0.492. The first kappa shape index (κ1) is 37.8. The van der Waals surface area contributed by atoms with Crippen molar-refractivity contribution in [3.8, 4) is 0 Å². The molecule has 250 valence electrons. The Labute approximate surface area is 259 Å². The molecule has 0 aromatic carbocycles. The molecule has 1 saturated heterocycles. The fraction of sp³-hybridized carbons (Fsp3) is 0.879. The Morgan fingerprint density at radius 3 is 2.33 bits per heavy atom. The molecule has 43 heavy (non-hydrogen) atoms. The summed E-state index contributed by atoms with van der Waals surface area (Å²) in [7, 11) is 0. The van der Waals surface area contributed by atoms with E-state index in [1.807, 2.05) is 6.08 Å². The van der Waals surface area contributed by atoms with Gasteiger partial charge in [-0.05, 0) is 101 Å². The number of likely N-dealkylation sites (tertiary alicyclic amines) is 1. The van der Waals surface area contributed by atoms with Gasteiger partial charge >= 0.3 is 5.97 Å². The van der Waals surface area contributed by atoms with E-state index in [-0.39, 0.29) is 29.0 Å². The number of ether oxygens (including phenoxy) is 1. The number of unbranched alkanes of at least 4 members (excludes halogenated alkanes) is 5. The summed E-state index contributed by atoms with van der Waals surface area (Å²) in [5.74, 6) is 0.671. The molecule has 4 atom stereocenters. The predicted octanol–water partition coefficient (Wildman–Crippen LogP) is 5.61. The molecule has 2 rings (SSSR count). The van der Waals surface area contributed by atoms with E-state index in [1.165, 1.54) is 19.3 Å². The van der Waals surface area contributed by atoms with Gasteiger partial charge < -0.3 is 19.8 Å². The zero-order valence-corrected chi connectivity index (χ0v) is 26.6. The second-order valence-electron chi connectivity index (χ2n) is 12.6. The molecular formula is C33H60N2O8. The number of allylic oxidation sites excluding steroid dienone is 2. The molecule has 1 aliphatic carbocycles. The Kier molecular flexibility index (Phi) is 20.2. The summed E-state index contributed by atoms with van der Waals surface area (Å²) in [6.45, 7) is 5.91. The maximum Gasteiger partial charge on any atom is 0.305 e. The van der Waals surface area contributed by atoms with Crippen molar-refractivity contribution in [1.29, 1.82) is 0 Å². The zero-order chi connectivity index (χ0) is 31.3. The topological polar surface area (TPSA) is 140 Å². The molecule has 0 radical (unpaired) electrons. The third-order valence-electron chi connectivity index (χ3n) is 9.22. The monoisotopic (exact) mass is 612 g/mol. The summed E-state index contributed by atoms with van der Waals surface area (Å²) < 4.78 is 5.42. The van der Waals surface area contributed by atoms with Gasteiger partial charge in [-0.1, -0.05) is 44.8 Å². The van der Waals surface area contributed by atoms with Crippen molar-refractivity contribution in [2.24, 2.45) is 17.8 Å². The molecule has 0 amide bonds. The summed E-state index contributed by atoms with van der Waals surface area (Å²) in [4.78, 5) is 31.4. The van der Waals surface area contributed by atoms with Gasteiger partial charge in [-0.15, -0.1) is 0 Å². The van der Waals surface area contributed by atoms with Gasteiger partial charge in [-0.3, -0.25) is 24.8 Å². The van der Waals surface area contributed by atoms with Crippen molar-refractivity contribution in [2.75, 3.05) is 32.8 Å². The normalized spacial score (nSPS) is 23.5. The minimum atomic E-state index is -0.550. The van der Waals surface area contributed by atoms with Gasteiger partial charge in [0, 0.05) is 25.8 Å². The van der Waals surface area contributed by atoms with E-state index in [0.717, 1.165) is 71.0 Å². The standard InChI is InChI=1S/C33H60N2O8/c1-2-3-4-5-8-14-28(36)17-18-30-29(31(37)26-32(30)38)15-9-6-7-10-16-33(39)42-24-12-21-34-22-19-27(20-23-34)13-11-25-43-35(40)41/h6,9,27,29-32,37-38,40-41H,2-5,7-8,10-26H2,1H3/b9-6-/t29-,30-,31+,32-/m1/s1. The Morgan fingerprint density at radius 1 is 0.837 bits per heavy atom. The van der Waals surface area contributed by atoms with Crippen LogP contribution in [0.2, 0.25) is 0 Å². The maximum absolute atomic E-state index is 12.3. The number of hydrogen-bond donors (Lipinski definition) is 4. The molecule has 0 aromatic rings. The number of hydrogen-bond acceptors (Lipinski definition) is 10. The van der Waals surface area contributed by atoms with Crippen LogP contribution >= 0.6 is 0 Å². The highest BCUT2D eigenvalue weighted by molar-refractivity contribution is 5.78. The quantitative estimate of drug-likeness (QED) is 0.0471. The Bertz CT molecular complexity index is 772. The van der Waals surface area contributed by atoms with Gasteiger partial charge in [0.05, 0.1) is 30.8 Å². The number of carbonyl (C=O) groups is 2. The van der Waals surface area contributed by atoms with E-state index in [0.29, 0.717) is 64.1 Å². The smallest absolute Gasteiger partial charge is 0.305 e. The minimum absolute atomic E-state index is 0.0285. The van der Waals surface area contributed by atoms with Crippen LogP contribution in [0.25, 0.3) is 0 Å². The van der Waals surface area contributed by atoms with Crippen LogP contribution in [-0.2, 0) is 19.2 Å². The van der Waals surface area contributed by atoms with Crippen molar-refractivity contribution >= 4 is 11.8 Å². The minimum Gasteiger partial charge on any atom is -0.466 e. The Balaban J connectivity index is 1.50. The van der Waals surface area contributed by atoms with E-state index in [4.69, 9.17) is 15.2 Å². The highest BCUT2D eigenvalue weighted by Crippen LogP contribution is 2.38. The molecule has 4 N–H and O–H groups in total. The average Bonchev–Trinajstić information content (AvgIpc) is 3.25. The summed E-state index contributed by atoms with van der Waals surface area (Å²) >= 11 is 0. The van der Waals surface area contributed by atoms with E-state index >= 15 is 0 Å². The van der Waals surface area contributed by atoms with Crippen molar-refractivity contribution in [1.82, 2.24) is 10.3 Å². The molecule has 0 unspecified atom stereocenters. The number of rotatable bonds is 24. The average molecular weight is 613 g/mol. The summed E-state index contributed by atoms with van der Waals surface area (Å²) in [5.41, 5.74) is 0. The molecule has 10 heteroatoms. The van der Waals surface area contributed by atoms with E-state index in [2.05, 4.69) is 22.7 Å². The second kappa shape index (κ2) is 23.0. The first-order valence-electron chi connectivity index (χ1n) is 17.0. The van der Waals surface area contributed by atoms with E-state index < -0.39 is 12.2 Å². The molecular weight excluding hydrogens is 552 g/mol. The lowest BCUT2D eigenvalue weighted by atomic mass is 9.86. The SMILES string of the molecule is CCCCCCCC(=O)CC[C@@H]1[C@@H](C/C=C\CCCC(=O)OCCCN2CCC(CCCON(O)O)CC2)[C@@H](O)C[C@H]1O. The van der Waals surface area contributed by atoms with Crippen LogP contribution < -0.4 is 0 Å². The number of aliphatic hydroxyl groups excluding tert-OH is 2. The van der Waals surface area contributed by atoms with Crippen LogP contribution in [0.3, 0.4) is 0 Å². The lowest BCUT2D eigenvalue weighted by Gasteiger charge is -2.31. The van der Waals surface area contributed by atoms with Crippen molar-refractivity contribution < 1.29 is 39.8 Å². The predicted molar refractivity (Wildman–Crippen MR) is 164 cm³/mol.